The average molecular weight is 244 g/mol. The van der Waals surface area contributed by atoms with Gasteiger partial charge in [-0.25, -0.2) is 0 Å². The molecule has 0 aliphatic rings. The molecule has 2 rings (SSSR count). The van der Waals surface area contributed by atoms with Gasteiger partial charge in [-0.2, -0.15) is 0 Å². The first-order chi connectivity index (χ1) is 8.88. The summed E-state index contributed by atoms with van der Waals surface area (Å²) in [6, 6.07) is 17.4. The van der Waals surface area contributed by atoms with Gasteiger partial charge in [-0.3, -0.25) is 0 Å². The van der Waals surface area contributed by atoms with E-state index < -0.39 is 0 Å². The van der Waals surface area contributed by atoms with Crippen LogP contribution in [0.4, 0.5) is 0 Å². The fourth-order valence-electron chi connectivity index (χ4n) is 1.54. The second-order valence-electron chi connectivity index (χ2n) is 3.82. The summed E-state index contributed by atoms with van der Waals surface area (Å²) in [6.45, 7) is 0.883. The van der Waals surface area contributed by atoms with Crippen LogP contribution >= 0.6 is 0 Å². The molecule has 0 aliphatic carbocycles. The van der Waals surface area contributed by atoms with E-state index in [1.165, 1.54) is 0 Å². The number of aliphatic hydroxyl groups is 1. The maximum Gasteiger partial charge on any atom is 0.120 e. The number of rotatable bonds is 6. The largest absolute Gasteiger partial charge is 0.491 e. The number of benzene rings is 2. The number of aliphatic hydroxyl groups excluding tert-OH is 1. The van der Waals surface area contributed by atoms with E-state index in [1.807, 2.05) is 54.6 Å². The van der Waals surface area contributed by atoms with Crippen LogP contribution in [0.25, 0.3) is 0 Å². The maximum absolute atomic E-state index is 8.64. The van der Waals surface area contributed by atoms with Crippen LogP contribution in [0.5, 0.6) is 11.5 Å². The minimum Gasteiger partial charge on any atom is -0.491 e. The molecule has 94 valence electrons. The molecule has 3 heteroatoms. The number of hydrogen-bond acceptors (Lipinski definition) is 3. The van der Waals surface area contributed by atoms with Crippen LogP contribution in [-0.2, 0) is 6.61 Å². The first-order valence-electron chi connectivity index (χ1n) is 5.89. The highest BCUT2D eigenvalue weighted by Crippen LogP contribution is 2.18. The molecule has 0 saturated heterocycles. The van der Waals surface area contributed by atoms with Gasteiger partial charge in [0.1, 0.15) is 24.7 Å². The van der Waals surface area contributed by atoms with Crippen LogP contribution in [0.3, 0.4) is 0 Å². The summed E-state index contributed by atoms with van der Waals surface area (Å²) in [5, 5.41) is 8.64. The highest BCUT2D eigenvalue weighted by molar-refractivity contribution is 5.31. The number of ether oxygens (including phenoxy) is 2. The van der Waals surface area contributed by atoms with Crippen molar-refractivity contribution in [1.29, 1.82) is 0 Å². The van der Waals surface area contributed by atoms with E-state index in [2.05, 4.69) is 0 Å². The van der Waals surface area contributed by atoms with Crippen LogP contribution in [0.1, 0.15) is 5.56 Å². The lowest BCUT2D eigenvalue weighted by molar-refractivity contribution is 0.201. The molecule has 0 amide bonds. The second-order valence-corrected chi connectivity index (χ2v) is 3.82. The zero-order chi connectivity index (χ0) is 12.6. The van der Waals surface area contributed by atoms with Crippen LogP contribution in [0.2, 0.25) is 0 Å². The Labute approximate surface area is 107 Å². The lowest BCUT2D eigenvalue weighted by Gasteiger charge is -2.08. The first-order valence-corrected chi connectivity index (χ1v) is 5.89. The SMILES string of the molecule is OCCOc1ccc(OCc2ccccc2)cc1. The molecule has 2 aromatic carbocycles. The molecule has 0 bridgehead atoms. The van der Waals surface area contributed by atoms with E-state index >= 15 is 0 Å². The Bertz CT molecular complexity index is 451. The molecule has 0 unspecified atom stereocenters. The Kier molecular flexibility index (Phi) is 4.61. The lowest BCUT2D eigenvalue weighted by atomic mass is 10.2. The van der Waals surface area contributed by atoms with Crippen molar-refractivity contribution in [3.05, 3.63) is 60.2 Å². The van der Waals surface area contributed by atoms with Gasteiger partial charge in [0.15, 0.2) is 0 Å². The van der Waals surface area contributed by atoms with Crippen molar-refractivity contribution < 1.29 is 14.6 Å². The van der Waals surface area contributed by atoms with Gasteiger partial charge in [0.2, 0.25) is 0 Å². The minimum absolute atomic E-state index is 0.0201. The molecule has 0 heterocycles. The molecule has 0 saturated carbocycles. The second kappa shape index (κ2) is 6.67. The summed E-state index contributed by atoms with van der Waals surface area (Å²) in [4.78, 5) is 0. The van der Waals surface area contributed by atoms with Gasteiger partial charge in [-0.1, -0.05) is 30.3 Å². The van der Waals surface area contributed by atoms with E-state index in [1.54, 1.807) is 0 Å². The molecule has 2 aromatic rings. The van der Waals surface area contributed by atoms with Crippen LogP contribution in [0, 0.1) is 0 Å². The summed E-state index contributed by atoms with van der Waals surface area (Å²) in [7, 11) is 0. The number of hydrogen-bond donors (Lipinski definition) is 1. The van der Waals surface area contributed by atoms with E-state index in [0.29, 0.717) is 13.2 Å². The zero-order valence-corrected chi connectivity index (χ0v) is 10.1. The highest BCUT2D eigenvalue weighted by Gasteiger charge is 1.97. The van der Waals surface area contributed by atoms with E-state index in [-0.39, 0.29) is 6.61 Å². The summed E-state index contributed by atoms with van der Waals surface area (Å²) in [6.07, 6.45) is 0. The summed E-state index contributed by atoms with van der Waals surface area (Å²) < 4.78 is 10.9. The third-order valence-electron chi connectivity index (χ3n) is 2.43. The monoisotopic (exact) mass is 244 g/mol. The third kappa shape index (κ3) is 3.79. The molecule has 18 heavy (non-hydrogen) atoms. The van der Waals surface area contributed by atoms with Crippen molar-refractivity contribution in [1.82, 2.24) is 0 Å². The first kappa shape index (κ1) is 12.5. The normalized spacial score (nSPS) is 10.1. The molecule has 1 N–H and O–H groups in total. The van der Waals surface area contributed by atoms with Crippen molar-refractivity contribution in [2.24, 2.45) is 0 Å². The van der Waals surface area contributed by atoms with Gasteiger partial charge in [0.05, 0.1) is 6.61 Å². The van der Waals surface area contributed by atoms with Crippen molar-refractivity contribution in [2.45, 2.75) is 6.61 Å². The zero-order valence-electron chi connectivity index (χ0n) is 10.1. The molecule has 0 aromatic heterocycles. The Hall–Kier alpha value is -2.00. The third-order valence-corrected chi connectivity index (χ3v) is 2.43. The summed E-state index contributed by atoms with van der Waals surface area (Å²) >= 11 is 0. The van der Waals surface area contributed by atoms with Crippen molar-refractivity contribution >= 4 is 0 Å². The molecule has 3 nitrogen and oxygen atoms in total. The average Bonchev–Trinajstić information content (AvgIpc) is 2.45. The highest BCUT2D eigenvalue weighted by atomic mass is 16.5. The van der Waals surface area contributed by atoms with Crippen molar-refractivity contribution in [3.8, 4) is 11.5 Å². The Morgan fingerprint density at radius 3 is 2.00 bits per heavy atom. The van der Waals surface area contributed by atoms with Gasteiger partial charge in [0, 0.05) is 0 Å². The molecule has 0 atom stereocenters. The Morgan fingerprint density at radius 1 is 0.778 bits per heavy atom. The molecule has 0 radical (unpaired) electrons. The molecule has 0 spiro atoms. The topological polar surface area (TPSA) is 38.7 Å². The Morgan fingerprint density at radius 2 is 1.39 bits per heavy atom. The van der Waals surface area contributed by atoms with Gasteiger partial charge < -0.3 is 14.6 Å². The Balaban J connectivity index is 1.86. The van der Waals surface area contributed by atoms with E-state index in [9.17, 15) is 0 Å². The fraction of sp³-hybridized carbons (Fsp3) is 0.200. The maximum atomic E-state index is 8.64. The lowest BCUT2D eigenvalue weighted by Crippen LogP contribution is -2.01. The van der Waals surface area contributed by atoms with Crippen molar-refractivity contribution in [3.63, 3.8) is 0 Å². The van der Waals surface area contributed by atoms with Crippen LogP contribution < -0.4 is 9.47 Å². The van der Waals surface area contributed by atoms with Crippen LogP contribution in [0.15, 0.2) is 54.6 Å². The smallest absolute Gasteiger partial charge is 0.120 e. The molecular formula is C15H16O3. The minimum atomic E-state index is 0.0201. The van der Waals surface area contributed by atoms with Crippen molar-refractivity contribution in [2.75, 3.05) is 13.2 Å². The van der Waals surface area contributed by atoms with Gasteiger partial charge >= 0.3 is 0 Å². The van der Waals surface area contributed by atoms with Gasteiger partial charge in [-0.05, 0) is 29.8 Å². The quantitative estimate of drug-likeness (QED) is 0.849. The van der Waals surface area contributed by atoms with Crippen LogP contribution in [-0.4, -0.2) is 18.3 Å². The summed E-state index contributed by atoms with van der Waals surface area (Å²) in [5.41, 5.74) is 1.14. The predicted molar refractivity (Wildman–Crippen MR) is 69.8 cm³/mol. The summed E-state index contributed by atoms with van der Waals surface area (Å²) in [5.74, 6) is 1.53. The molecule has 0 aliphatic heterocycles. The van der Waals surface area contributed by atoms with Gasteiger partial charge in [-0.15, -0.1) is 0 Å². The molecule has 0 fully saturated rings. The fourth-order valence-corrected chi connectivity index (χ4v) is 1.54. The molecular weight excluding hydrogens is 228 g/mol. The van der Waals surface area contributed by atoms with E-state index in [4.69, 9.17) is 14.6 Å². The van der Waals surface area contributed by atoms with E-state index in [0.717, 1.165) is 17.1 Å². The standard InChI is InChI=1S/C15H16O3/c16-10-11-17-14-6-8-15(9-7-14)18-12-13-4-2-1-3-5-13/h1-9,16H,10-12H2. The predicted octanol–water partition coefficient (Wildman–Crippen LogP) is 2.64. The van der Waals surface area contributed by atoms with Gasteiger partial charge in [0.25, 0.3) is 0 Å².